The number of aliphatic hydroxyl groups is 1. The summed E-state index contributed by atoms with van der Waals surface area (Å²) in [4.78, 5) is 13.4. The number of rotatable bonds is 6. The molecule has 21 heavy (non-hydrogen) atoms. The molecule has 2 atom stereocenters. The van der Waals surface area contributed by atoms with E-state index >= 15 is 0 Å². The van der Waals surface area contributed by atoms with E-state index in [0.29, 0.717) is 6.54 Å². The van der Waals surface area contributed by atoms with Crippen LogP contribution < -0.4 is 10.1 Å². The number of hydrogen-bond donors (Lipinski definition) is 2. The van der Waals surface area contributed by atoms with Crippen LogP contribution in [0, 0.1) is 13.8 Å². The lowest BCUT2D eigenvalue weighted by atomic mass is 10.1. The molecule has 0 bridgehead atoms. The zero-order valence-electron chi connectivity index (χ0n) is 12.9. The van der Waals surface area contributed by atoms with Gasteiger partial charge in [0.1, 0.15) is 18.5 Å². The number of benzene rings is 1. The molecular weight excluding hydrogens is 268 g/mol. The molecule has 2 unspecified atom stereocenters. The van der Waals surface area contributed by atoms with Crippen molar-refractivity contribution in [3.8, 4) is 5.75 Å². The topological polar surface area (TPSA) is 61.8 Å². The first-order valence-electron chi connectivity index (χ1n) is 7.33. The Morgan fingerprint density at radius 3 is 2.62 bits per heavy atom. The number of aliphatic hydroxyl groups excluding tert-OH is 1. The highest BCUT2D eigenvalue weighted by Gasteiger charge is 2.28. The lowest BCUT2D eigenvalue weighted by Gasteiger charge is -2.16. The van der Waals surface area contributed by atoms with E-state index in [1.807, 2.05) is 26.0 Å². The molecule has 1 aliphatic rings. The van der Waals surface area contributed by atoms with Gasteiger partial charge in [-0.3, -0.25) is 4.79 Å². The summed E-state index contributed by atoms with van der Waals surface area (Å²) in [6, 6.07) is 5.80. The number of hydrogen-bond acceptors (Lipinski definition) is 4. The molecular formula is C16H24N2O3. The molecule has 1 aromatic rings. The van der Waals surface area contributed by atoms with Crippen molar-refractivity contribution in [2.45, 2.75) is 32.4 Å². The number of likely N-dealkylation sites (N-methyl/N-ethyl adjacent to an activating group) is 1. The first-order valence-corrected chi connectivity index (χ1v) is 7.33. The Balaban J connectivity index is 1.74. The average molecular weight is 292 g/mol. The first-order chi connectivity index (χ1) is 9.95. The smallest absolute Gasteiger partial charge is 0.239 e. The van der Waals surface area contributed by atoms with Gasteiger partial charge in [-0.15, -0.1) is 0 Å². The van der Waals surface area contributed by atoms with Crippen LogP contribution in [-0.2, 0) is 4.79 Å². The van der Waals surface area contributed by atoms with Crippen LogP contribution in [0.15, 0.2) is 18.2 Å². The molecule has 0 spiro atoms. The van der Waals surface area contributed by atoms with Crippen LogP contribution in [0.3, 0.4) is 0 Å². The van der Waals surface area contributed by atoms with Crippen molar-refractivity contribution in [1.29, 1.82) is 0 Å². The van der Waals surface area contributed by atoms with E-state index in [0.717, 1.165) is 29.8 Å². The maximum absolute atomic E-state index is 11.7. The van der Waals surface area contributed by atoms with Crippen molar-refractivity contribution in [1.82, 2.24) is 10.2 Å². The third kappa shape index (κ3) is 4.44. The number of nitrogens with one attached hydrogen (secondary N) is 1. The van der Waals surface area contributed by atoms with Crippen LogP contribution in [0.25, 0.3) is 0 Å². The largest absolute Gasteiger partial charge is 0.491 e. The molecule has 0 saturated carbocycles. The fraction of sp³-hybridized carbons (Fsp3) is 0.562. The normalized spacial score (nSPS) is 19.9. The van der Waals surface area contributed by atoms with Crippen molar-refractivity contribution in [3.63, 3.8) is 0 Å². The number of likely N-dealkylation sites (tertiary alicyclic amines) is 1. The molecule has 2 N–H and O–H groups in total. The Morgan fingerprint density at radius 1 is 1.38 bits per heavy atom. The maximum Gasteiger partial charge on any atom is 0.239 e. The summed E-state index contributed by atoms with van der Waals surface area (Å²) < 4.78 is 5.61. The Bertz CT molecular complexity index is 484. The van der Waals surface area contributed by atoms with Gasteiger partial charge in [-0.25, -0.2) is 0 Å². The summed E-state index contributed by atoms with van der Waals surface area (Å²) >= 11 is 0. The summed E-state index contributed by atoms with van der Waals surface area (Å²) in [5.41, 5.74) is 2.27. The van der Waals surface area contributed by atoms with E-state index in [1.165, 1.54) is 0 Å². The summed E-state index contributed by atoms with van der Waals surface area (Å²) in [6.45, 7) is 5.37. The fourth-order valence-corrected chi connectivity index (χ4v) is 2.56. The molecule has 5 nitrogen and oxygen atoms in total. The molecule has 0 aliphatic carbocycles. The quantitative estimate of drug-likeness (QED) is 0.816. The van der Waals surface area contributed by atoms with E-state index < -0.39 is 6.10 Å². The summed E-state index contributed by atoms with van der Waals surface area (Å²) in [7, 11) is 1.80. The van der Waals surface area contributed by atoms with Crippen molar-refractivity contribution in [2.24, 2.45) is 0 Å². The predicted molar refractivity (Wildman–Crippen MR) is 81.5 cm³/mol. The molecule has 5 heteroatoms. The SMILES string of the molecule is Cc1cc(C)cc(OCC(O)CNC2CCN(C)C2=O)c1. The maximum atomic E-state index is 11.7. The second-order valence-electron chi connectivity index (χ2n) is 5.80. The zero-order valence-corrected chi connectivity index (χ0v) is 12.9. The highest BCUT2D eigenvalue weighted by molar-refractivity contribution is 5.83. The zero-order chi connectivity index (χ0) is 15.4. The minimum Gasteiger partial charge on any atom is -0.491 e. The van der Waals surface area contributed by atoms with Crippen LogP contribution >= 0.6 is 0 Å². The molecule has 116 valence electrons. The minimum atomic E-state index is -0.635. The summed E-state index contributed by atoms with van der Waals surface area (Å²) in [5, 5.41) is 13.0. The first kappa shape index (κ1) is 15.8. The standard InChI is InChI=1S/C16H24N2O3/c1-11-6-12(2)8-14(7-11)21-10-13(19)9-17-15-4-5-18(3)16(15)20/h6-8,13,15,17,19H,4-5,9-10H2,1-3H3. The molecule has 1 fully saturated rings. The van der Waals surface area contributed by atoms with Gasteiger partial charge in [0.15, 0.2) is 0 Å². The lowest BCUT2D eigenvalue weighted by Crippen LogP contribution is -2.42. The Kier molecular flexibility index (Phi) is 5.20. The van der Waals surface area contributed by atoms with Crippen molar-refractivity contribution < 1.29 is 14.6 Å². The van der Waals surface area contributed by atoms with Gasteiger partial charge in [0, 0.05) is 20.1 Å². The van der Waals surface area contributed by atoms with Crippen LogP contribution in [0.1, 0.15) is 17.5 Å². The van der Waals surface area contributed by atoms with Crippen molar-refractivity contribution in [3.05, 3.63) is 29.3 Å². The van der Waals surface area contributed by atoms with E-state index in [2.05, 4.69) is 11.4 Å². The number of carbonyl (C=O) groups is 1. The molecule has 1 heterocycles. The number of ether oxygens (including phenoxy) is 1. The van der Waals surface area contributed by atoms with Crippen LogP contribution in [0.2, 0.25) is 0 Å². The van der Waals surface area contributed by atoms with Gasteiger partial charge in [-0.05, 0) is 43.5 Å². The van der Waals surface area contributed by atoms with Crippen LogP contribution in [0.5, 0.6) is 5.75 Å². The molecule has 0 radical (unpaired) electrons. The van der Waals surface area contributed by atoms with E-state index in [1.54, 1.807) is 11.9 Å². The van der Waals surface area contributed by atoms with E-state index in [-0.39, 0.29) is 18.6 Å². The van der Waals surface area contributed by atoms with Gasteiger partial charge in [0.05, 0.1) is 6.04 Å². The second kappa shape index (κ2) is 6.91. The molecule has 1 saturated heterocycles. The molecule has 1 aromatic carbocycles. The highest BCUT2D eigenvalue weighted by Crippen LogP contribution is 2.16. The Morgan fingerprint density at radius 2 is 2.05 bits per heavy atom. The number of nitrogens with zero attached hydrogens (tertiary/aromatic N) is 1. The molecule has 2 rings (SSSR count). The lowest BCUT2D eigenvalue weighted by molar-refractivity contribution is -0.128. The Labute approximate surface area is 125 Å². The van der Waals surface area contributed by atoms with Crippen molar-refractivity contribution >= 4 is 5.91 Å². The van der Waals surface area contributed by atoms with Gasteiger partial charge in [0.2, 0.25) is 5.91 Å². The monoisotopic (exact) mass is 292 g/mol. The van der Waals surface area contributed by atoms with Gasteiger partial charge in [0.25, 0.3) is 0 Å². The minimum absolute atomic E-state index is 0.0948. The molecule has 0 aromatic heterocycles. The second-order valence-corrected chi connectivity index (χ2v) is 5.80. The number of amides is 1. The third-order valence-electron chi connectivity index (χ3n) is 3.66. The van der Waals surface area contributed by atoms with Crippen LogP contribution in [0.4, 0.5) is 0 Å². The van der Waals surface area contributed by atoms with E-state index in [4.69, 9.17) is 4.74 Å². The fourth-order valence-electron chi connectivity index (χ4n) is 2.56. The van der Waals surface area contributed by atoms with Crippen LogP contribution in [-0.4, -0.2) is 54.8 Å². The van der Waals surface area contributed by atoms with Gasteiger partial charge in [-0.2, -0.15) is 0 Å². The highest BCUT2D eigenvalue weighted by atomic mass is 16.5. The molecule has 1 aliphatic heterocycles. The van der Waals surface area contributed by atoms with Gasteiger partial charge >= 0.3 is 0 Å². The molecule has 1 amide bonds. The third-order valence-corrected chi connectivity index (χ3v) is 3.66. The predicted octanol–water partition coefficient (Wildman–Crippen LogP) is 0.863. The average Bonchev–Trinajstić information content (AvgIpc) is 2.73. The summed E-state index contributed by atoms with van der Waals surface area (Å²) in [5.74, 6) is 0.862. The van der Waals surface area contributed by atoms with Gasteiger partial charge < -0.3 is 20.1 Å². The Hall–Kier alpha value is -1.59. The number of carbonyl (C=O) groups excluding carboxylic acids is 1. The summed E-state index contributed by atoms with van der Waals surface area (Å²) in [6.07, 6.45) is 0.157. The number of aryl methyl sites for hydroxylation is 2. The van der Waals surface area contributed by atoms with Gasteiger partial charge in [-0.1, -0.05) is 6.07 Å². The van der Waals surface area contributed by atoms with E-state index in [9.17, 15) is 9.90 Å². The van der Waals surface area contributed by atoms with Crippen molar-refractivity contribution in [2.75, 3.05) is 26.7 Å².